The number of aromatic nitrogens is 2. The van der Waals surface area contributed by atoms with Crippen molar-refractivity contribution in [1.29, 1.82) is 0 Å². The van der Waals surface area contributed by atoms with Gasteiger partial charge in [-0.05, 0) is 35.4 Å². The van der Waals surface area contributed by atoms with Gasteiger partial charge in [-0.25, -0.2) is 0 Å². The van der Waals surface area contributed by atoms with Gasteiger partial charge in [0, 0.05) is 58.8 Å². The predicted molar refractivity (Wildman–Crippen MR) is 163 cm³/mol. The Morgan fingerprint density at radius 1 is 0.500 bits per heavy atom. The first-order chi connectivity index (χ1) is 20.8. The molecular formula is C29H37B2CuF8N4O2+. The first kappa shape index (κ1) is 44.8. The molecule has 0 aliphatic rings. The van der Waals surface area contributed by atoms with E-state index in [2.05, 4.69) is 105 Å². The van der Waals surface area contributed by atoms with Crippen LogP contribution in [0.2, 0.25) is 0 Å². The first-order valence-electron chi connectivity index (χ1n) is 13.4. The molecule has 4 rings (SSSR count). The maximum Gasteiger partial charge on any atom is 2.00 e. The largest absolute Gasteiger partial charge is 2.00 e. The summed E-state index contributed by atoms with van der Waals surface area (Å²) in [5, 5.41) is 7.00. The van der Waals surface area contributed by atoms with Gasteiger partial charge >= 0.3 is 31.6 Å². The van der Waals surface area contributed by atoms with Gasteiger partial charge in [-0.1, -0.05) is 72.8 Å². The summed E-state index contributed by atoms with van der Waals surface area (Å²) >= 11 is 0. The van der Waals surface area contributed by atoms with Gasteiger partial charge in [-0.2, -0.15) is 0 Å². The van der Waals surface area contributed by atoms with E-state index in [1.807, 2.05) is 24.5 Å². The minimum atomic E-state index is -6.00. The third kappa shape index (κ3) is 25.9. The van der Waals surface area contributed by atoms with Crippen LogP contribution >= 0.6 is 0 Å². The van der Waals surface area contributed by atoms with Crippen molar-refractivity contribution in [3.63, 3.8) is 0 Å². The molecule has 0 fully saturated rings. The van der Waals surface area contributed by atoms with Gasteiger partial charge in [0.05, 0.1) is 11.4 Å². The van der Waals surface area contributed by atoms with E-state index < -0.39 is 14.5 Å². The SMILES string of the molecule is CO.F[B-](F)(F)F.F[B-](F)(F)F.[Cu+2].[OH3+].c1ccc(CN(CCN(Cc2ccccc2)Cc2ccccn2)Cc2ccccn2)cc1. The standard InChI is InChI=1S/C28H30N4.CH4O.2BF4.Cu.H2O/c1-3-11-25(12-4-1)21-31(23-27-15-7-9-17-29-27)19-20-32(22-26-13-5-2-6-14-26)24-28-16-8-10-18-30-28;1-2;2*2-1(3,4)5;;/h1-18H,19-24H2;2H,1H3;;;;1H2/q;;2*-1;+2;/p+1. The van der Waals surface area contributed by atoms with Crippen LogP contribution in [0, 0.1) is 0 Å². The van der Waals surface area contributed by atoms with Gasteiger partial charge in [-0.15, -0.1) is 0 Å². The van der Waals surface area contributed by atoms with Crippen LogP contribution < -0.4 is 0 Å². The smallest absolute Gasteiger partial charge is 0.457 e. The van der Waals surface area contributed by atoms with Crippen molar-refractivity contribution in [1.82, 2.24) is 19.8 Å². The van der Waals surface area contributed by atoms with E-state index in [-0.39, 0.29) is 22.5 Å². The molecule has 46 heavy (non-hydrogen) atoms. The van der Waals surface area contributed by atoms with E-state index >= 15 is 0 Å². The number of nitrogens with zero attached hydrogens (tertiary/aromatic N) is 4. The van der Waals surface area contributed by atoms with Crippen molar-refractivity contribution in [2.45, 2.75) is 26.2 Å². The van der Waals surface area contributed by atoms with Crippen LogP contribution in [0.25, 0.3) is 0 Å². The molecule has 0 aliphatic heterocycles. The zero-order chi connectivity index (χ0) is 32.8. The first-order valence-corrected chi connectivity index (χ1v) is 13.4. The molecule has 2 aromatic heterocycles. The molecular weight excluding hydrogens is 673 g/mol. The van der Waals surface area contributed by atoms with Crippen molar-refractivity contribution in [3.05, 3.63) is 132 Å². The Hall–Kier alpha value is -3.33. The second-order valence-corrected chi connectivity index (χ2v) is 9.02. The number of pyridine rings is 2. The molecule has 0 saturated heterocycles. The zero-order valence-electron chi connectivity index (χ0n) is 24.9. The average molecular weight is 711 g/mol. The van der Waals surface area contributed by atoms with Gasteiger partial charge in [0.25, 0.3) is 0 Å². The molecule has 6 nitrogen and oxygen atoms in total. The van der Waals surface area contributed by atoms with E-state index in [1.54, 1.807) is 0 Å². The molecule has 0 unspecified atom stereocenters. The van der Waals surface area contributed by atoms with Crippen LogP contribution in [-0.2, 0) is 48.7 Å². The molecule has 1 radical (unpaired) electrons. The number of benzene rings is 2. The Labute approximate surface area is 274 Å². The van der Waals surface area contributed by atoms with E-state index in [0.29, 0.717) is 0 Å². The van der Waals surface area contributed by atoms with Gasteiger partial charge in [-0.3, -0.25) is 19.8 Å². The number of rotatable bonds is 11. The number of halogens is 8. The minimum absolute atomic E-state index is 0. The average Bonchev–Trinajstić information content (AvgIpc) is 2.97. The van der Waals surface area contributed by atoms with Gasteiger partial charge < -0.3 is 45.1 Å². The topological polar surface area (TPSA) is 85.5 Å². The van der Waals surface area contributed by atoms with E-state index in [9.17, 15) is 34.5 Å². The van der Waals surface area contributed by atoms with Gasteiger partial charge in [0.2, 0.25) is 0 Å². The quantitative estimate of drug-likeness (QED) is 0.110. The Morgan fingerprint density at radius 3 is 1.04 bits per heavy atom. The second kappa shape index (κ2) is 24.8. The molecule has 2 heterocycles. The molecule has 17 heteroatoms. The maximum absolute atomic E-state index is 9.75. The van der Waals surface area contributed by atoms with Crippen molar-refractivity contribution in [2.24, 2.45) is 0 Å². The molecule has 0 amide bonds. The third-order valence-electron chi connectivity index (χ3n) is 5.45. The summed E-state index contributed by atoms with van der Waals surface area (Å²) in [6.07, 6.45) is 3.75. The number of hydrogen-bond donors (Lipinski definition) is 1. The van der Waals surface area contributed by atoms with Crippen LogP contribution in [0.15, 0.2) is 109 Å². The summed E-state index contributed by atoms with van der Waals surface area (Å²) in [6.45, 7) is 5.37. The van der Waals surface area contributed by atoms with Crippen LogP contribution in [0.5, 0.6) is 0 Å². The molecule has 4 aromatic rings. The Balaban J connectivity index is 0. The molecule has 0 atom stereocenters. The van der Waals surface area contributed by atoms with Crippen molar-refractivity contribution in [2.75, 3.05) is 20.2 Å². The maximum atomic E-state index is 9.75. The Bertz CT molecular complexity index is 1060. The molecule has 257 valence electrons. The summed E-state index contributed by atoms with van der Waals surface area (Å²) in [4.78, 5) is 14.1. The molecule has 2 aromatic carbocycles. The predicted octanol–water partition coefficient (Wildman–Crippen LogP) is 6.47. The van der Waals surface area contributed by atoms with E-state index in [1.165, 1.54) is 11.1 Å². The molecule has 0 spiro atoms. The summed E-state index contributed by atoms with van der Waals surface area (Å²) in [7, 11) is -11.0. The third-order valence-corrected chi connectivity index (χ3v) is 5.45. The van der Waals surface area contributed by atoms with Crippen molar-refractivity contribution >= 4 is 14.5 Å². The van der Waals surface area contributed by atoms with E-state index in [4.69, 9.17) is 5.11 Å². The zero-order valence-corrected chi connectivity index (χ0v) is 25.9. The van der Waals surface area contributed by atoms with Crippen molar-refractivity contribution < 1.29 is 62.2 Å². The Kier molecular flexibility index (Phi) is 24.2. The summed E-state index contributed by atoms with van der Waals surface area (Å²) < 4.78 is 78.0. The van der Waals surface area contributed by atoms with E-state index in [0.717, 1.165) is 57.8 Å². The fraction of sp³-hybridized carbons (Fsp3) is 0.241. The van der Waals surface area contributed by atoms with Crippen LogP contribution in [0.4, 0.5) is 34.5 Å². The molecule has 4 N–H and O–H groups in total. The number of aliphatic hydroxyl groups is 1. The fourth-order valence-corrected chi connectivity index (χ4v) is 3.84. The normalized spacial score (nSPS) is 10.5. The fourth-order valence-electron chi connectivity index (χ4n) is 3.84. The summed E-state index contributed by atoms with van der Waals surface area (Å²) in [6, 6.07) is 33.6. The Morgan fingerprint density at radius 2 is 0.783 bits per heavy atom. The minimum Gasteiger partial charge on any atom is -0.457 e. The van der Waals surface area contributed by atoms with Crippen LogP contribution in [0.1, 0.15) is 22.5 Å². The summed E-state index contributed by atoms with van der Waals surface area (Å²) in [5.41, 5.74) is 4.84. The monoisotopic (exact) mass is 710 g/mol. The number of aliphatic hydroxyl groups excluding tert-OH is 1. The van der Waals surface area contributed by atoms with Gasteiger partial charge in [0.15, 0.2) is 0 Å². The number of hydrogen-bond acceptors (Lipinski definition) is 5. The molecule has 0 bridgehead atoms. The molecule has 0 saturated carbocycles. The van der Waals surface area contributed by atoms with Crippen molar-refractivity contribution in [3.8, 4) is 0 Å². The molecule has 0 aliphatic carbocycles. The summed E-state index contributed by atoms with van der Waals surface area (Å²) in [5.74, 6) is 0. The second-order valence-electron chi connectivity index (χ2n) is 9.02. The van der Waals surface area contributed by atoms with Crippen LogP contribution in [-0.4, -0.2) is 59.6 Å². The van der Waals surface area contributed by atoms with Crippen LogP contribution in [0.3, 0.4) is 0 Å². The van der Waals surface area contributed by atoms with Gasteiger partial charge in [0.1, 0.15) is 0 Å².